The highest BCUT2D eigenvalue weighted by molar-refractivity contribution is 5.89. The van der Waals surface area contributed by atoms with Gasteiger partial charge in [-0.3, -0.25) is 4.79 Å². The van der Waals surface area contributed by atoms with Crippen molar-refractivity contribution >= 4 is 5.91 Å². The number of benzene rings is 1. The van der Waals surface area contributed by atoms with E-state index in [-0.39, 0.29) is 11.3 Å². The van der Waals surface area contributed by atoms with Crippen LogP contribution in [0.2, 0.25) is 0 Å². The summed E-state index contributed by atoms with van der Waals surface area (Å²) in [5.41, 5.74) is 0.844. The fourth-order valence-electron chi connectivity index (χ4n) is 3.09. The number of hydrogen-bond donors (Lipinski definition) is 2. The molecule has 19 heavy (non-hydrogen) atoms. The summed E-state index contributed by atoms with van der Waals surface area (Å²) in [6.07, 6.45) is 2.92. The van der Waals surface area contributed by atoms with Gasteiger partial charge in [0.1, 0.15) is 0 Å². The second kappa shape index (κ2) is 4.97. The summed E-state index contributed by atoms with van der Waals surface area (Å²) in [6.45, 7) is 4.04. The summed E-state index contributed by atoms with van der Waals surface area (Å²) >= 11 is 0. The molecule has 2 unspecified atom stereocenters. The highest BCUT2D eigenvalue weighted by atomic mass is 16.2. The zero-order valence-electron chi connectivity index (χ0n) is 11.5. The Morgan fingerprint density at radius 1 is 1.26 bits per heavy atom. The molecule has 1 heterocycles. The third kappa shape index (κ3) is 2.39. The van der Waals surface area contributed by atoms with Crippen LogP contribution in [0.15, 0.2) is 30.3 Å². The van der Waals surface area contributed by atoms with E-state index in [1.807, 2.05) is 18.2 Å². The minimum absolute atomic E-state index is 0.231. The highest BCUT2D eigenvalue weighted by Crippen LogP contribution is 2.36. The van der Waals surface area contributed by atoms with Gasteiger partial charge in [0.25, 0.3) is 0 Å². The van der Waals surface area contributed by atoms with Crippen LogP contribution in [0.1, 0.15) is 31.7 Å². The molecule has 1 saturated heterocycles. The number of hydrogen-bond acceptors (Lipinski definition) is 2. The van der Waals surface area contributed by atoms with Crippen molar-refractivity contribution in [2.24, 2.45) is 5.92 Å². The Labute approximate surface area is 114 Å². The van der Waals surface area contributed by atoms with E-state index in [9.17, 15) is 4.79 Å². The summed E-state index contributed by atoms with van der Waals surface area (Å²) in [5.74, 6) is 0.882. The highest BCUT2D eigenvalue weighted by Gasteiger charge is 2.44. The summed E-state index contributed by atoms with van der Waals surface area (Å²) in [5, 5.41) is 6.61. The molecule has 0 radical (unpaired) electrons. The topological polar surface area (TPSA) is 41.1 Å². The average molecular weight is 258 g/mol. The van der Waals surface area contributed by atoms with Gasteiger partial charge < -0.3 is 10.6 Å². The smallest absolute Gasteiger partial charge is 0.230 e. The lowest BCUT2D eigenvalue weighted by atomic mass is 9.72. The van der Waals surface area contributed by atoms with Crippen molar-refractivity contribution in [2.75, 3.05) is 13.1 Å². The minimum atomic E-state index is -0.325. The van der Waals surface area contributed by atoms with Crippen molar-refractivity contribution in [1.29, 1.82) is 0 Å². The molecule has 102 valence electrons. The Hall–Kier alpha value is -1.35. The van der Waals surface area contributed by atoms with Crippen LogP contribution in [0.25, 0.3) is 0 Å². The molecular weight excluding hydrogens is 236 g/mol. The molecular formula is C16H22N2O. The van der Waals surface area contributed by atoms with Crippen LogP contribution < -0.4 is 10.6 Å². The maximum Gasteiger partial charge on any atom is 0.230 e. The van der Waals surface area contributed by atoms with Gasteiger partial charge in [0, 0.05) is 6.04 Å². The lowest BCUT2D eigenvalue weighted by Gasteiger charge is -2.36. The van der Waals surface area contributed by atoms with E-state index in [4.69, 9.17) is 0 Å². The van der Waals surface area contributed by atoms with E-state index in [1.54, 1.807) is 0 Å². The molecule has 2 N–H and O–H groups in total. The van der Waals surface area contributed by atoms with Crippen LogP contribution in [-0.4, -0.2) is 25.0 Å². The zero-order valence-corrected chi connectivity index (χ0v) is 11.5. The summed E-state index contributed by atoms with van der Waals surface area (Å²) in [4.78, 5) is 12.8. The van der Waals surface area contributed by atoms with Gasteiger partial charge in [0.15, 0.2) is 0 Å². The van der Waals surface area contributed by atoms with Gasteiger partial charge in [-0.05, 0) is 43.8 Å². The predicted octanol–water partition coefficient (Wildman–Crippen LogP) is 1.83. The van der Waals surface area contributed by atoms with Gasteiger partial charge in [-0.1, -0.05) is 37.3 Å². The second-order valence-corrected chi connectivity index (χ2v) is 5.99. The van der Waals surface area contributed by atoms with Crippen LogP contribution in [0.5, 0.6) is 0 Å². The Balaban J connectivity index is 1.85. The molecule has 3 rings (SSSR count). The summed E-state index contributed by atoms with van der Waals surface area (Å²) < 4.78 is 0. The van der Waals surface area contributed by atoms with Crippen LogP contribution in [0.4, 0.5) is 0 Å². The van der Waals surface area contributed by atoms with Crippen molar-refractivity contribution < 1.29 is 4.79 Å². The van der Waals surface area contributed by atoms with Crippen molar-refractivity contribution in [3.05, 3.63) is 35.9 Å². The van der Waals surface area contributed by atoms with Crippen molar-refractivity contribution in [3.63, 3.8) is 0 Å². The molecule has 1 amide bonds. The van der Waals surface area contributed by atoms with E-state index in [0.717, 1.165) is 32.4 Å². The van der Waals surface area contributed by atoms with Crippen LogP contribution in [0, 0.1) is 5.92 Å². The third-order valence-corrected chi connectivity index (χ3v) is 4.64. The largest absolute Gasteiger partial charge is 0.352 e. The van der Waals surface area contributed by atoms with E-state index in [2.05, 4.69) is 29.7 Å². The van der Waals surface area contributed by atoms with Gasteiger partial charge in [-0.15, -0.1) is 0 Å². The van der Waals surface area contributed by atoms with Crippen molar-refractivity contribution in [2.45, 2.75) is 37.6 Å². The molecule has 1 aliphatic heterocycles. The van der Waals surface area contributed by atoms with Gasteiger partial charge in [0.2, 0.25) is 5.91 Å². The average Bonchev–Trinajstić information content (AvgIpc) is 3.16. The van der Waals surface area contributed by atoms with E-state index in [0.29, 0.717) is 12.0 Å². The van der Waals surface area contributed by atoms with Crippen LogP contribution in [-0.2, 0) is 10.2 Å². The van der Waals surface area contributed by atoms with E-state index < -0.39 is 0 Å². The van der Waals surface area contributed by atoms with Gasteiger partial charge in [-0.25, -0.2) is 0 Å². The van der Waals surface area contributed by atoms with Crippen molar-refractivity contribution in [1.82, 2.24) is 10.6 Å². The fourth-order valence-corrected chi connectivity index (χ4v) is 3.09. The molecule has 1 aliphatic carbocycles. The van der Waals surface area contributed by atoms with Gasteiger partial charge in [-0.2, -0.15) is 0 Å². The standard InChI is InChI=1S/C16H22N2O/c1-12-11-14(12)18-15(19)16(7-9-17-10-8-16)13-5-3-2-4-6-13/h2-6,12,14,17H,7-11H2,1H3,(H,18,19). The molecule has 1 saturated carbocycles. The molecule has 2 atom stereocenters. The SMILES string of the molecule is CC1CC1NC(=O)C1(c2ccccc2)CCNCC1. The molecule has 3 nitrogen and oxygen atoms in total. The van der Waals surface area contributed by atoms with Crippen LogP contribution >= 0.6 is 0 Å². The molecule has 0 bridgehead atoms. The van der Waals surface area contributed by atoms with E-state index in [1.165, 1.54) is 5.56 Å². The Bertz CT molecular complexity index is 451. The monoisotopic (exact) mass is 258 g/mol. The van der Waals surface area contributed by atoms with Crippen molar-refractivity contribution in [3.8, 4) is 0 Å². The summed E-state index contributed by atoms with van der Waals surface area (Å²) in [6, 6.07) is 10.7. The number of carbonyl (C=O) groups is 1. The lowest BCUT2D eigenvalue weighted by Crippen LogP contribution is -2.51. The van der Waals surface area contributed by atoms with Crippen LogP contribution in [0.3, 0.4) is 0 Å². The Morgan fingerprint density at radius 3 is 2.47 bits per heavy atom. The molecule has 1 aromatic rings. The molecule has 2 aliphatic rings. The molecule has 2 fully saturated rings. The first-order chi connectivity index (χ1) is 9.22. The minimum Gasteiger partial charge on any atom is -0.352 e. The fraction of sp³-hybridized carbons (Fsp3) is 0.562. The number of nitrogens with one attached hydrogen (secondary N) is 2. The Kier molecular flexibility index (Phi) is 3.31. The predicted molar refractivity (Wildman–Crippen MR) is 75.9 cm³/mol. The lowest BCUT2D eigenvalue weighted by molar-refractivity contribution is -0.128. The first-order valence-corrected chi connectivity index (χ1v) is 7.29. The number of rotatable bonds is 3. The Morgan fingerprint density at radius 2 is 1.89 bits per heavy atom. The van der Waals surface area contributed by atoms with E-state index >= 15 is 0 Å². The zero-order chi connectivity index (χ0) is 13.3. The molecule has 3 heteroatoms. The molecule has 0 aromatic heterocycles. The third-order valence-electron chi connectivity index (χ3n) is 4.64. The maximum absolute atomic E-state index is 12.8. The number of amides is 1. The second-order valence-electron chi connectivity index (χ2n) is 5.99. The number of piperidine rings is 1. The molecule has 1 aromatic carbocycles. The van der Waals surface area contributed by atoms with Gasteiger partial charge in [0.05, 0.1) is 5.41 Å². The maximum atomic E-state index is 12.8. The first kappa shape index (κ1) is 12.7. The molecule has 0 spiro atoms. The summed E-state index contributed by atoms with van der Waals surface area (Å²) in [7, 11) is 0. The quantitative estimate of drug-likeness (QED) is 0.868. The first-order valence-electron chi connectivity index (χ1n) is 7.29. The number of carbonyl (C=O) groups excluding carboxylic acids is 1. The van der Waals surface area contributed by atoms with Gasteiger partial charge >= 0.3 is 0 Å². The normalized spacial score (nSPS) is 28.7.